The predicted octanol–water partition coefficient (Wildman–Crippen LogP) is 2.69. The van der Waals surface area contributed by atoms with Crippen LogP contribution in [0.25, 0.3) is 0 Å². The molecule has 2 saturated heterocycles. The van der Waals surface area contributed by atoms with Crippen molar-refractivity contribution < 1.29 is 23.7 Å². The molecule has 1 aliphatic carbocycles. The number of fused-ring (bicyclic) bond motifs is 1. The number of esters is 1. The van der Waals surface area contributed by atoms with E-state index in [1.165, 1.54) is 19.3 Å². The van der Waals surface area contributed by atoms with Gasteiger partial charge in [-0.25, -0.2) is 4.79 Å². The minimum atomic E-state index is -0.331. The van der Waals surface area contributed by atoms with E-state index in [0.29, 0.717) is 5.56 Å². The zero-order chi connectivity index (χ0) is 15.6. The van der Waals surface area contributed by atoms with Gasteiger partial charge in [-0.3, -0.25) is 0 Å². The number of ether oxygens (including phenoxy) is 4. The van der Waals surface area contributed by atoms with Gasteiger partial charge in [-0.05, 0) is 25.0 Å². The van der Waals surface area contributed by atoms with Crippen molar-refractivity contribution in [3.8, 4) is 0 Å². The summed E-state index contributed by atoms with van der Waals surface area (Å²) < 4.78 is 22.9. The van der Waals surface area contributed by atoms with Crippen LogP contribution in [0.15, 0.2) is 30.3 Å². The van der Waals surface area contributed by atoms with E-state index in [4.69, 9.17) is 18.9 Å². The second kappa shape index (κ2) is 6.59. The third kappa shape index (κ3) is 3.42. The highest BCUT2D eigenvalue weighted by atomic mass is 16.8. The maximum Gasteiger partial charge on any atom is 0.338 e. The van der Waals surface area contributed by atoms with Gasteiger partial charge in [0, 0.05) is 0 Å². The number of hydrogen-bond donors (Lipinski definition) is 0. The van der Waals surface area contributed by atoms with Crippen molar-refractivity contribution in [3.63, 3.8) is 0 Å². The van der Waals surface area contributed by atoms with Crippen LogP contribution in [-0.2, 0) is 18.9 Å². The van der Waals surface area contributed by atoms with E-state index >= 15 is 0 Å². The van der Waals surface area contributed by atoms with Crippen molar-refractivity contribution in [2.75, 3.05) is 6.61 Å². The maximum absolute atomic E-state index is 12.0. The molecule has 4 rings (SSSR count). The standard InChI is InChI=1S/C18H22O5/c19-17(12-7-3-1-4-8-12)20-11-14-15-16(23-15)18(22-14)21-13-9-5-2-6-10-13/h1,3-4,7-8,13-16,18H,2,5-6,9-11H2/t14-,15+,16+,18?/m1/s1. The molecule has 1 unspecified atom stereocenters. The van der Waals surface area contributed by atoms with E-state index in [-0.39, 0.29) is 43.3 Å². The van der Waals surface area contributed by atoms with Crippen molar-refractivity contribution >= 4 is 5.97 Å². The smallest absolute Gasteiger partial charge is 0.338 e. The van der Waals surface area contributed by atoms with E-state index in [2.05, 4.69) is 0 Å². The number of carbonyl (C=O) groups is 1. The normalized spacial score (nSPS) is 33.2. The second-order valence-electron chi connectivity index (χ2n) is 6.47. The summed E-state index contributed by atoms with van der Waals surface area (Å²) >= 11 is 0. The van der Waals surface area contributed by atoms with Crippen LogP contribution in [0.1, 0.15) is 42.5 Å². The van der Waals surface area contributed by atoms with Crippen molar-refractivity contribution in [2.45, 2.75) is 62.8 Å². The summed E-state index contributed by atoms with van der Waals surface area (Å²) in [5, 5.41) is 0. The summed E-state index contributed by atoms with van der Waals surface area (Å²) in [6.07, 6.45) is 5.73. The fraction of sp³-hybridized carbons (Fsp3) is 0.611. The van der Waals surface area contributed by atoms with Gasteiger partial charge in [0.1, 0.15) is 24.9 Å². The summed E-state index contributed by atoms with van der Waals surface area (Å²) in [6, 6.07) is 8.98. The molecular weight excluding hydrogens is 296 g/mol. The lowest BCUT2D eigenvalue weighted by Crippen LogP contribution is -2.31. The molecule has 0 N–H and O–H groups in total. The molecular formula is C18H22O5. The van der Waals surface area contributed by atoms with Crippen LogP contribution in [0.2, 0.25) is 0 Å². The third-order valence-electron chi connectivity index (χ3n) is 4.77. The Kier molecular flexibility index (Phi) is 4.33. The van der Waals surface area contributed by atoms with Gasteiger partial charge in [0.05, 0.1) is 11.7 Å². The van der Waals surface area contributed by atoms with Crippen molar-refractivity contribution in [1.29, 1.82) is 0 Å². The van der Waals surface area contributed by atoms with Crippen molar-refractivity contribution in [1.82, 2.24) is 0 Å². The van der Waals surface area contributed by atoms with Gasteiger partial charge in [0.15, 0.2) is 6.29 Å². The lowest BCUT2D eigenvalue weighted by molar-refractivity contribution is -0.205. The van der Waals surface area contributed by atoms with E-state index in [0.717, 1.165) is 12.8 Å². The Morgan fingerprint density at radius 2 is 1.83 bits per heavy atom. The van der Waals surface area contributed by atoms with Gasteiger partial charge >= 0.3 is 5.97 Å². The molecule has 5 heteroatoms. The first kappa shape index (κ1) is 15.1. The SMILES string of the molecule is O=C(OC[C@H]1OC(OC2CCCCC2)[C@H]2O[C@H]21)c1ccccc1. The average Bonchev–Trinajstić information content (AvgIpc) is 3.33. The minimum absolute atomic E-state index is 0.00663. The van der Waals surface area contributed by atoms with Crippen molar-refractivity contribution in [3.05, 3.63) is 35.9 Å². The summed E-state index contributed by atoms with van der Waals surface area (Å²) in [5.74, 6) is -0.331. The lowest BCUT2D eigenvalue weighted by atomic mass is 9.98. The van der Waals surface area contributed by atoms with Crippen LogP contribution in [0.4, 0.5) is 0 Å². The molecule has 3 fully saturated rings. The Balaban J connectivity index is 1.26. The number of carbonyl (C=O) groups excluding carboxylic acids is 1. The molecule has 23 heavy (non-hydrogen) atoms. The zero-order valence-corrected chi connectivity index (χ0v) is 13.1. The molecule has 0 aromatic heterocycles. The van der Waals surface area contributed by atoms with Gasteiger partial charge in [0.2, 0.25) is 0 Å². The Morgan fingerprint density at radius 3 is 2.61 bits per heavy atom. The predicted molar refractivity (Wildman–Crippen MR) is 82.0 cm³/mol. The number of benzene rings is 1. The topological polar surface area (TPSA) is 57.3 Å². The Labute approximate surface area is 135 Å². The number of hydrogen-bond acceptors (Lipinski definition) is 5. The van der Waals surface area contributed by atoms with Gasteiger partial charge < -0.3 is 18.9 Å². The molecule has 2 aliphatic heterocycles. The molecule has 5 nitrogen and oxygen atoms in total. The highest BCUT2D eigenvalue weighted by Crippen LogP contribution is 2.41. The van der Waals surface area contributed by atoms with Crippen LogP contribution < -0.4 is 0 Å². The molecule has 4 atom stereocenters. The highest BCUT2D eigenvalue weighted by molar-refractivity contribution is 5.89. The van der Waals surface area contributed by atoms with Crippen LogP contribution in [0, 0.1) is 0 Å². The molecule has 1 aromatic rings. The quantitative estimate of drug-likeness (QED) is 0.617. The summed E-state index contributed by atoms with van der Waals surface area (Å²) in [5.41, 5.74) is 0.550. The molecule has 3 aliphatic rings. The van der Waals surface area contributed by atoms with E-state index < -0.39 is 0 Å². The maximum atomic E-state index is 12.0. The van der Waals surface area contributed by atoms with Crippen LogP contribution in [-0.4, -0.2) is 43.3 Å². The Bertz CT molecular complexity index is 540. The number of rotatable bonds is 5. The molecule has 0 radical (unpaired) electrons. The highest BCUT2D eigenvalue weighted by Gasteiger charge is 2.59. The van der Waals surface area contributed by atoms with Crippen LogP contribution in [0.5, 0.6) is 0 Å². The van der Waals surface area contributed by atoms with Gasteiger partial charge in [-0.1, -0.05) is 37.5 Å². The molecule has 1 aromatic carbocycles. The van der Waals surface area contributed by atoms with Gasteiger partial charge in [0.25, 0.3) is 0 Å². The van der Waals surface area contributed by atoms with E-state index in [1.54, 1.807) is 12.1 Å². The Hall–Kier alpha value is -1.43. The van der Waals surface area contributed by atoms with E-state index in [1.807, 2.05) is 18.2 Å². The lowest BCUT2D eigenvalue weighted by Gasteiger charge is -2.26. The van der Waals surface area contributed by atoms with Crippen molar-refractivity contribution in [2.24, 2.45) is 0 Å². The molecule has 0 bridgehead atoms. The van der Waals surface area contributed by atoms with Crippen LogP contribution in [0.3, 0.4) is 0 Å². The van der Waals surface area contributed by atoms with Crippen LogP contribution >= 0.6 is 0 Å². The first-order valence-electron chi connectivity index (χ1n) is 8.50. The number of epoxide rings is 1. The zero-order valence-electron chi connectivity index (χ0n) is 13.1. The fourth-order valence-corrected chi connectivity index (χ4v) is 3.43. The fourth-order valence-electron chi connectivity index (χ4n) is 3.43. The summed E-state index contributed by atoms with van der Waals surface area (Å²) in [6.45, 7) is 0.208. The average molecular weight is 318 g/mol. The first-order valence-corrected chi connectivity index (χ1v) is 8.50. The van der Waals surface area contributed by atoms with Gasteiger partial charge in [-0.2, -0.15) is 0 Å². The molecule has 124 valence electrons. The molecule has 1 saturated carbocycles. The molecule has 2 heterocycles. The second-order valence-corrected chi connectivity index (χ2v) is 6.47. The van der Waals surface area contributed by atoms with E-state index in [9.17, 15) is 4.79 Å². The third-order valence-corrected chi connectivity index (χ3v) is 4.77. The first-order chi connectivity index (χ1) is 11.3. The minimum Gasteiger partial charge on any atom is -0.459 e. The summed E-state index contributed by atoms with van der Waals surface area (Å²) in [4.78, 5) is 12.0. The summed E-state index contributed by atoms with van der Waals surface area (Å²) in [7, 11) is 0. The molecule has 0 spiro atoms. The largest absolute Gasteiger partial charge is 0.459 e. The Morgan fingerprint density at radius 1 is 1.04 bits per heavy atom. The molecule has 0 amide bonds. The monoisotopic (exact) mass is 318 g/mol. The van der Waals surface area contributed by atoms with Gasteiger partial charge in [-0.15, -0.1) is 0 Å².